The second-order valence-corrected chi connectivity index (χ2v) is 5.49. The molecule has 0 radical (unpaired) electrons. The van der Waals surface area contributed by atoms with E-state index < -0.39 is 0 Å². The van der Waals surface area contributed by atoms with Crippen LogP contribution in [0.1, 0.15) is 18.4 Å². The van der Waals surface area contributed by atoms with Gasteiger partial charge in [-0.05, 0) is 30.5 Å². The second kappa shape index (κ2) is 3.23. The number of rotatable bonds is 1. The van der Waals surface area contributed by atoms with E-state index in [4.69, 9.17) is 16.3 Å². The summed E-state index contributed by atoms with van der Waals surface area (Å²) in [7, 11) is 0. The maximum absolute atomic E-state index is 9.40. The lowest BCUT2D eigenvalue weighted by Gasteiger charge is -2.57. The number of benzene rings is 1. The topological polar surface area (TPSA) is 33.0 Å². The predicted molar refractivity (Wildman–Crippen MR) is 61.2 cm³/mol. The van der Waals surface area contributed by atoms with Gasteiger partial charge in [-0.25, -0.2) is 0 Å². The van der Waals surface area contributed by atoms with Gasteiger partial charge < -0.3 is 4.74 Å². The summed E-state index contributed by atoms with van der Waals surface area (Å²) < 4.78 is 5.24. The van der Waals surface area contributed by atoms with Crippen LogP contribution in [0, 0.1) is 16.7 Å². The summed E-state index contributed by atoms with van der Waals surface area (Å²) in [6.45, 7) is 1.63. The van der Waals surface area contributed by atoms with E-state index in [1.54, 1.807) is 0 Å². The van der Waals surface area contributed by atoms with Gasteiger partial charge >= 0.3 is 0 Å². The summed E-state index contributed by atoms with van der Waals surface area (Å²) in [6, 6.07) is 10.1. The Hall–Kier alpha value is -1.04. The van der Waals surface area contributed by atoms with Gasteiger partial charge in [0.25, 0.3) is 0 Å². The summed E-state index contributed by atoms with van der Waals surface area (Å²) in [6.07, 6.45) is 1.83. The molecule has 1 saturated carbocycles. The molecule has 1 aliphatic carbocycles. The van der Waals surface area contributed by atoms with Crippen molar-refractivity contribution < 1.29 is 4.74 Å². The first-order valence-corrected chi connectivity index (χ1v) is 5.81. The summed E-state index contributed by atoms with van der Waals surface area (Å²) in [4.78, 5) is 0. The molecule has 2 aliphatic rings. The second-order valence-electron chi connectivity index (χ2n) is 5.05. The molecule has 2 fully saturated rings. The average Bonchev–Trinajstić information content (AvgIpc) is 2.15. The molecule has 0 amide bonds. The number of halogens is 1. The molecule has 0 N–H and O–H groups in total. The van der Waals surface area contributed by atoms with Gasteiger partial charge in [-0.2, -0.15) is 5.26 Å². The smallest absolute Gasteiger partial charge is 0.0836 e. The molecule has 1 heterocycles. The van der Waals surface area contributed by atoms with E-state index in [1.807, 2.05) is 24.3 Å². The van der Waals surface area contributed by atoms with Crippen LogP contribution in [-0.4, -0.2) is 13.2 Å². The van der Waals surface area contributed by atoms with Crippen molar-refractivity contribution in [3.63, 3.8) is 0 Å². The van der Waals surface area contributed by atoms with Crippen LogP contribution in [0.5, 0.6) is 0 Å². The van der Waals surface area contributed by atoms with Gasteiger partial charge in [-0.3, -0.25) is 0 Å². The van der Waals surface area contributed by atoms with Gasteiger partial charge in [0.1, 0.15) is 0 Å². The monoisotopic (exact) mass is 233 g/mol. The van der Waals surface area contributed by atoms with Crippen molar-refractivity contribution in [3.8, 4) is 6.07 Å². The first-order chi connectivity index (χ1) is 7.68. The van der Waals surface area contributed by atoms with E-state index in [-0.39, 0.29) is 10.8 Å². The molecule has 1 saturated heterocycles. The van der Waals surface area contributed by atoms with E-state index >= 15 is 0 Å². The van der Waals surface area contributed by atoms with E-state index in [2.05, 4.69) is 6.07 Å². The normalized spacial score (nSPS) is 24.2. The molecule has 16 heavy (non-hydrogen) atoms. The van der Waals surface area contributed by atoms with Crippen molar-refractivity contribution in [2.24, 2.45) is 5.41 Å². The highest BCUT2D eigenvalue weighted by Crippen LogP contribution is 2.58. The summed E-state index contributed by atoms with van der Waals surface area (Å²) in [5.41, 5.74) is 1.02. The number of hydrogen-bond donors (Lipinski definition) is 0. The fraction of sp³-hybridized carbons (Fsp3) is 0.462. The molecule has 3 heteroatoms. The maximum atomic E-state index is 9.40. The number of hydrogen-bond acceptors (Lipinski definition) is 2. The summed E-state index contributed by atoms with van der Waals surface area (Å²) >= 11 is 5.97. The van der Waals surface area contributed by atoms with E-state index in [0.717, 1.165) is 31.6 Å². The Morgan fingerprint density at radius 3 is 2.56 bits per heavy atom. The van der Waals surface area contributed by atoms with Crippen LogP contribution < -0.4 is 0 Å². The third-order valence-electron chi connectivity index (χ3n) is 3.76. The third-order valence-corrected chi connectivity index (χ3v) is 4.00. The Bertz CT molecular complexity index is 465. The van der Waals surface area contributed by atoms with Gasteiger partial charge in [-0.1, -0.05) is 23.7 Å². The zero-order valence-corrected chi connectivity index (χ0v) is 9.63. The van der Waals surface area contributed by atoms with Crippen LogP contribution in [-0.2, 0) is 10.2 Å². The van der Waals surface area contributed by atoms with E-state index in [1.165, 1.54) is 0 Å². The molecule has 0 aromatic heterocycles. The lowest BCUT2D eigenvalue weighted by molar-refractivity contribution is -0.178. The number of nitrogens with zero attached hydrogens (tertiary/aromatic N) is 1. The van der Waals surface area contributed by atoms with Crippen LogP contribution in [0.25, 0.3) is 0 Å². The van der Waals surface area contributed by atoms with Gasteiger partial charge in [0.05, 0.1) is 24.7 Å². The van der Waals surface area contributed by atoms with Gasteiger partial charge in [0.2, 0.25) is 0 Å². The summed E-state index contributed by atoms with van der Waals surface area (Å²) in [5.74, 6) is 0. The Morgan fingerprint density at radius 1 is 1.31 bits per heavy atom. The van der Waals surface area contributed by atoms with Crippen molar-refractivity contribution in [1.82, 2.24) is 0 Å². The molecule has 0 atom stereocenters. The summed E-state index contributed by atoms with van der Waals surface area (Å²) in [5, 5.41) is 10.1. The SMILES string of the molecule is N#CC1(c2cccc(Cl)c2)CC2(COC2)C1. The number of ether oxygens (including phenoxy) is 1. The quantitative estimate of drug-likeness (QED) is 0.747. The largest absolute Gasteiger partial charge is 0.380 e. The highest BCUT2D eigenvalue weighted by Gasteiger charge is 2.59. The third kappa shape index (κ3) is 1.29. The highest BCUT2D eigenvalue weighted by atomic mass is 35.5. The van der Waals surface area contributed by atoms with Gasteiger partial charge in [0.15, 0.2) is 0 Å². The maximum Gasteiger partial charge on any atom is 0.0836 e. The lowest BCUT2D eigenvalue weighted by atomic mass is 9.50. The Morgan fingerprint density at radius 2 is 2.06 bits per heavy atom. The van der Waals surface area contributed by atoms with Gasteiger partial charge in [-0.15, -0.1) is 0 Å². The van der Waals surface area contributed by atoms with Crippen molar-refractivity contribution >= 4 is 11.6 Å². The minimum Gasteiger partial charge on any atom is -0.380 e. The van der Waals surface area contributed by atoms with Crippen molar-refractivity contribution in [2.45, 2.75) is 18.3 Å². The van der Waals surface area contributed by atoms with Gasteiger partial charge in [0, 0.05) is 10.4 Å². The van der Waals surface area contributed by atoms with Crippen molar-refractivity contribution in [3.05, 3.63) is 34.9 Å². The fourth-order valence-electron chi connectivity index (χ4n) is 2.96. The minimum absolute atomic E-state index is 0.290. The molecular formula is C13H12ClNO. The average molecular weight is 234 g/mol. The van der Waals surface area contributed by atoms with Crippen LogP contribution in [0.4, 0.5) is 0 Å². The standard InChI is InChI=1S/C13H12ClNO/c14-11-3-1-2-10(4-11)13(7-15)5-12(6-13)8-16-9-12/h1-4H,5-6,8-9H2. The first kappa shape index (κ1) is 10.1. The van der Waals surface area contributed by atoms with Crippen LogP contribution in [0.3, 0.4) is 0 Å². The molecule has 2 nitrogen and oxygen atoms in total. The molecule has 1 aliphatic heterocycles. The van der Waals surface area contributed by atoms with Crippen LogP contribution >= 0.6 is 11.6 Å². The van der Waals surface area contributed by atoms with E-state index in [0.29, 0.717) is 5.02 Å². The Labute approximate surface area is 99.8 Å². The molecule has 1 aromatic rings. The molecular weight excluding hydrogens is 222 g/mol. The zero-order valence-electron chi connectivity index (χ0n) is 8.87. The van der Waals surface area contributed by atoms with Crippen LogP contribution in [0.15, 0.2) is 24.3 Å². The fourth-order valence-corrected chi connectivity index (χ4v) is 3.15. The molecule has 0 bridgehead atoms. The molecule has 1 aromatic carbocycles. The zero-order chi connectivity index (χ0) is 11.2. The molecule has 1 spiro atoms. The Kier molecular flexibility index (Phi) is 2.04. The molecule has 0 unspecified atom stereocenters. The molecule has 3 rings (SSSR count). The van der Waals surface area contributed by atoms with Crippen LogP contribution in [0.2, 0.25) is 5.02 Å². The molecule has 82 valence electrons. The van der Waals surface area contributed by atoms with E-state index in [9.17, 15) is 5.26 Å². The predicted octanol–water partition coefficient (Wildman–Crippen LogP) is 2.91. The number of nitriles is 1. The Balaban J connectivity index is 1.90. The van der Waals surface area contributed by atoms with Crippen molar-refractivity contribution in [1.29, 1.82) is 5.26 Å². The van der Waals surface area contributed by atoms with Crippen molar-refractivity contribution in [2.75, 3.05) is 13.2 Å². The first-order valence-electron chi connectivity index (χ1n) is 5.43. The highest BCUT2D eigenvalue weighted by molar-refractivity contribution is 6.30. The lowest BCUT2D eigenvalue weighted by Crippen LogP contribution is -2.59. The minimum atomic E-state index is -0.325.